The highest BCUT2D eigenvalue weighted by Crippen LogP contribution is 2.33. The molecule has 0 bridgehead atoms. The molecule has 0 spiro atoms. The van der Waals surface area contributed by atoms with Gasteiger partial charge in [-0.1, -0.05) is 0 Å². The fourth-order valence-corrected chi connectivity index (χ4v) is 4.66. The number of rotatable bonds is 4. The topological polar surface area (TPSA) is 95.5 Å². The van der Waals surface area contributed by atoms with Crippen LogP contribution >= 0.6 is 0 Å². The van der Waals surface area contributed by atoms with E-state index in [2.05, 4.69) is 10.3 Å². The predicted molar refractivity (Wildman–Crippen MR) is 94.5 cm³/mol. The second kappa shape index (κ2) is 6.87. The molecule has 3 rings (SSSR count). The van der Waals surface area contributed by atoms with Crippen LogP contribution in [0.4, 0.5) is 5.82 Å². The average molecular weight is 367 g/mol. The number of anilines is 1. The Hall–Kier alpha value is -1.74. The SMILES string of the molecule is CCS(=O)(=O)N1CCc2nc([C@H]3CCCN3C(C)=O)nc(NC)c2C1. The molecule has 1 amide bonds. The van der Waals surface area contributed by atoms with Crippen LogP contribution in [0, 0.1) is 0 Å². The Kier molecular flexibility index (Phi) is 4.97. The molecule has 2 aliphatic heterocycles. The van der Waals surface area contributed by atoms with Gasteiger partial charge in [0.05, 0.1) is 17.5 Å². The monoisotopic (exact) mass is 367 g/mol. The molecular formula is C16H25N5O3S. The summed E-state index contributed by atoms with van der Waals surface area (Å²) in [6.45, 7) is 4.69. The molecule has 8 nitrogen and oxygen atoms in total. The van der Waals surface area contributed by atoms with E-state index in [0.717, 1.165) is 30.6 Å². The number of aromatic nitrogens is 2. The van der Waals surface area contributed by atoms with Crippen LogP contribution in [0.3, 0.4) is 0 Å². The van der Waals surface area contributed by atoms with Crippen molar-refractivity contribution in [2.75, 3.05) is 31.2 Å². The number of carbonyl (C=O) groups is 1. The maximum Gasteiger partial charge on any atom is 0.220 e. The zero-order valence-corrected chi connectivity index (χ0v) is 15.8. The minimum Gasteiger partial charge on any atom is -0.373 e. The third-order valence-electron chi connectivity index (χ3n) is 4.99. The van der Waals surface area contributed by atoms with Crippen LogP contribution in [0.5, 0.6) is 0 Å². The highest BCUT2D eigenvalue weighted by Gasteiger charge is 2.33. The number of amides is 1. The zero-order valence-electron chi connectivity index (χ0n) is 14.9. The van der Waals surface area contributed by atoms with Crippen LogP contribution in [0.2, 0.25) is 0 Å². The molecule has 25 heavy (non-hydrogen) atoms. The molecule has 0 aromatic carbocycles. The van der Waals surface area contributed by atoms with Gasteiger partial charge in [0.1, 0.15) is 5.82 Å². The molecule has 1 saturated heterocycles. The molecule has 0 radical (unpaired) electrons. The summed E-state index contributed by atoms with van der Waals surface area (Å²) in [4.78, 5) is 23.0. The first-order chi connectivity index (χ1) is 11.9. The number of likely N-dealkylation sites (tertiary alicyclic amines) is 1. The van der Waals surface area contributed by atoms with E-state index < -0.39 is 10.0 Å². The number of fused-ring (bicyclic) bond motifs is 1. The van der Waals surface area contributed by atoms with Gasteiger partial charge in [0.2, 0.25) is 15.9 Å². The lowest BCUT2D eigenvalue weighted by atomic mass is 10.1. The van der Waals surface area contributed by atoms with Crippen molar-refractivity contribution in [2.24, 2.45) is 0 Å². The van der Waals surface area contributed by atoms with Crippen molar-refractivity contribution in [3.63, 3.8) is 0 Å². The highest BCUT2D eigenvalue weighted by atomic mass is 32.2. The van der Waals surface area contributed by atoms with E-state index in [9.17, 15) is 13.2 Å². The van der Waals surface area contributed by atoms with Gasteiger partial charge in [-0.25, -0.2) is 18.4 Å². The Morgan fingerprint density at radius 2 is 2.08 bits per heavy atom. The largest absolute Gasteiger partial charge is 0.373 e. The molecule has 1 aromatic rings. The van der Waals surface area contributed by atoms with Crippen molar-refractivity contribution in [3.8, 4) is 0 Å². The number of hydrogen-bond acceptors (Lipinski definition) is 6. The van der Waals surface area contributed by atoms with Crippen molar-refractivity contribution < 1.29 is 13.2 Å². The molecule has 0 aliphatic carbocycles. The highest BCUT2D eigenvalue weighted by molar-refractivity contribution is 7.89. The molecular weight excluding hydrogens is 342 g/mol. The smallest absolute Gasteiger partial charge is 0.220 e. The zero-order chi connectivity index (χ0) is 18.2. The average Bonchev–Trinajstić information content (AvgIpc) is 3.10. The van der Waals surface area contributed by atoms with Crippen LogP contribution in [0.25, 0.3) is 0 Å². The van der Waals surface area contributed by atoms with Gasteiger partial charge < -0.3 is 10.2 Å². The van der Waals surface area contributed by atoms with Crippen LogP contribution in [0.15, 0.2) is 0 Å². The van der Waals surface area contributed by atoms with Gasteiger partial charge in [-0.3, -0.25) is 4.79 Å². The third-order valence-corrected chi connectivity index (χ3v) is 6.82. The molecule has 1 N–H and O–H groups in total. The van der Waals surface area contributed by atoms with Gasteiger partial charge in [0, 0.05) is 45.6 Å². The molecule has 1 aromatic heterocycles. The first-order valence-corrected chi connectivity index (χ1v) is 10.3. The van der Waals surface area contributed by atoms with E-state index in [4.69, 9.17) is 4.98 Å². The molecule has 2 aliphatic rings. The molecule has 3 heterocycles. The van der Waals surface area contributed by atoms with Gasteiger partial charge >= 0.3 is 0 Å². The number of sulfonamides is 1. The fourth-order valence-electron chi connectivity index (χ4n) is 3.60. The Labute approximate surface area is 148 Å². The number of nitrogens with one attached hydrogen (secondary N) is 1. The molecule has 1 fully saturated rings. The molecule has 0 unspecified atom stereocenters. The fraction of sp³-hybridized carbons (Fsp3) is 0.688. The van der Waals surface area contributed by atoms with Crippen LogP contribution in [0.1, 0.15) is 49.8 Å². The summed E-state index contributed by atoms with van der Waals surface area (Å²) < 4.78 is 25.9. The van der Waals surface area contributed by atoms with E-state index in [0.29, 0.717) is 31.2 Å². The van der Waals surface area contributed by atoms with Crippen molar-refractivity contribution in [2.45, 2.75) is 45.7 Å². The summed E-state index contributed by atoms with van der Waals surface area (Å²) in [6.07, 6.45) is 2.37. The Morgan fingerprint density at radius 1 is 1.32 bits per heavy atom. The van der Waals surface area contributed by atoms with Gasteiger partial charge in [0.25, 0.3) is 0 Å². The molecule has 138 valence electrons. The van der Waals surface area contributed by atoms with E-state index in [1.54, 1.807) is 20.9 Å². The van der Waals surface area contributed by atoms with E-state index in [1.807, 2.05) is 4.90 Å². The second-order valence-electron chi connectivity index (χ2n) is 6.46. The van der Waals surface area contributed by atoms with E-state index in [-0.39, 0.29) is 17.7 Å². The lowest BCUT2D eigenvalue weighted by Gasteiger charge is -2.30. The van der Waals surface area contributed by atoms with Crippen LogP contribution in [-0.4, -0.2) is 59.4 Å². The minimum absolute atomic E-state index is 0.0371. The first-order valence-electron chi connectivity index (χ1n) is 8.69. The quantitative estimate of drug-likeness (QED) is 0.850. The van der Waals surface area contributed by atoms with Crippen molar-refractivity contribution in [1.29, 1.82) is 0 Å². The van der Waals surface area contributed by atoms with Gasteiger partial charge in [0.15, 0.2) is 5.82 Å². The normalized spacial score (nSPS) is 21.2. The van der Waals surface area contributed by atoms with Gasteiger partial charge in [-0.15, -0.1) is 0 Å². The summed E-state index contributed by atoms with van der Waals surface area (Å²) in [7, 11) is -1.46. The summed E-state index contributed by atoms with van der Waals surface area (Å²) in [5.41, 5.74) is 1.72. The second-order valence-corrected chi connectivity index (χ2v) is 8.72. The number of hydrogen-bond donors (Lipinski definition) is 1. The Morgan fingerprint density at radius 3 is 2.72 bits per heavy atom. The third kappa shape index (κ3) is 3.35. The standard InChI is InChI=1S/C16H25N5O3S/c1-4-25(23,24)20-9-7-13-12(10-20)15(17-3)19-16(18-13)14-6-5-8-21(14)11(2)22/h14H,4-10H2,1-3H3,(H,17,18,19)/t14-/m1/s1. The molecule has 0 saturated carbocycles. The van der Waals surface area contributed by atoms with Crippen molar-refractivity contribution in [1.82, 2.24) is 19.2 Å². The summed E-state index contributed by atoms with van der Waals surface area (Å²) in [5, 5.41) is 3.08. The number of carbonyl (C=O) groups excluding carboxylic acids is 1. The number of nitrogens with zero attached hydrogens (tertiary/aromatic N) is 4. The Bertz CT molecular complexity index is 763. The van der Waals surface area contributed by atoms with Crippen molar-refractivity contribution >= 4 is 21.7 Å². The molecule has 9 heteroatoms. The minimum atomic E-state index is -3.24. The first kappa shape index (κ1) is 18.1. The summed E-state index contributed by atoms with van der Waals surface area (Å²) in [6, 6.07) is -0.0905. The maximum atomic E-state index is 12.2. The van der Waals surface area contributed by atoms with Crippen LogP contribution < -0.4 is 5.32 Å². The lowest BCUT2D eigenvalue weighted by Crippen LogP contribution is -2.38. The summed E-state index contributed by atoms with van der Waals surface area (Å²) >= 11 is 0. The van der Waals surface area contributed by atoms with Crippen molar-refractivity contribution in [3.05, 3.63) is 17.1 Å². The Balaban J connectivity index is 1.96. The molecule has 1 atom stereocenters. The maximum absolute atomic E-state index is 12.2. The summed E-state index contributed by atoms with van der Waals surface area (Å²) in [5.74, 6) is 1.44. The van der Waals surface area contributed by atoms with Gasteiger partial charge in [-0.05, 0) is 19.8 Å². The van der Waals surface area contributed by atoms with Crippen LogP contribution in [-0.2, 0) is 27.8 Å². The van der Waals surface area contributed by atoms with E-state index in [1.165, 1.54) is 4.31 Å². The van der Waals surface area contributed by atoms with E-state index >= 15 is 0 Å². The van der Waals surface area contributed by atoms with Gasteiger partial charge in [-0.2, -0.15) is 4.31 Å². The predicted octanol–water partition coefficient (Wildman–Crippen LogP) is 0.909. The lowest BCUT2D eigenvalue weighted by molar-refractivity contribution is -0.129.